The number of benzene rings is 3. The van der Waals surface area contributed by atoms with Gasteiger partial charge in [-0.3, -0.25) is 0 Å². The highest BCUT2D eigenvalue weighted by Gasteiger charge is 2.14. The fourth-order valence-corrected chi connectivity index (χ4v) is 3.33. The minimum absolute atomic E-state index is 0.474. The molecule has 0 amide bonds. The lowest BCUT2D eigenvalue weighted by Gasteiger charge is -2.08. The van der Waals surface area contributed by atoms with Crippen LogP contribution in [-0.4, -0.2) is 11.6 Å². The molecule has 4 rings (SSSR count). The molecule has 4 heteroatoms. The monoisotopic (exact) mass is 467 g/mol. The molecule has 3 nitrogen and oxygen atoms in total. The Morgan fingerprint density at radius 1 is 1.04 bits per heavy atom. The highest BCUT2D eigenvalue weighted by Crippen LogP contribution is 2.33. The van der Waals surface area contributed by atoms with Crippen molar-refractivity contribution in [2.75, 3.05) is 6.61 Å². The Morgan fingerprint density at radius 3 is 2.74 bits per heavy atom. The standard InChI is InChI=1S/C23H18INO2/c1-16-9-11-22-20(14-16)25-23(27-22)19-15-18(24)10-12-21(19)26-13-5-8-17-6-3-2-4-7-17/h2-12,14-15H,13H2,1H3/b8-5+. The van der Waals surface area contributed by atoms with E-state index in [0.717, 1.165) is 37.1 Å². The molecular formula is C23H18INO2. The van der Waals surface area contributed by atoms with Gasteiger partial charge in [-0.1, -0.05) is 42.5 Å². The van der Waals surface area contributed by atoms with E-state index in [1.165, 1.54) is 0 Å². The maximum Gasteiger partial charge on any atom is 0.231 e. The highest BCUT2D eigenvalue weighted by molar-refractivity contribution is 14.1. The Labute approximate surface area is 171 Å². The summed E-state index contributed by atoms with van der Waals surface area (Å²) >= 11 is 2.29. The number of fused-ring (bicyclic) bond motifs is 1. The van der Waals surface area contributed by atoms with Crippen molar-refractivity contribution in [1.82, 2.24) is 4.98 Å². The second-order valence-electron chi connectivity index (χ2n) is 6.25. The molecule has 0 bridgehead atoms. The molecule has 3 aromatic carbocycles. The molecule has 0 aliphatic heterocycles. The number of ether oxygens (including phenoxy) is 1. The van der Waals surface area contributed by atoms with E-state index >= 15 is 0 Å². The molecular weight excluding hydrogens is 449 g/mol. The van der Waals surface area contributed by atoms with Crippen LogP contribution in [0.3, 0.4) is 0 Å². The number of nitrogens with zero attached hydrogens (tertiary/aromatic N) is 1. The van der Waals surface area contributed by atoms with E-state index in [9.17, 15) is 0 Å². The Bertz CT molecular complexity index is 1100. The summed E-state index contributed by atoms with van der Waals surface area (Å²) in [5.74, 6) is 1.34. The summed E-state index contributed by atoms with van der Waals surface area (Å²) in [5.41, 5.74) is 4.82. The van der Waals surface area contributed by atoms with Crippen LogP contribution in [-0.2, 0) is 0 Å². The molecule has 0 aliphatic carbocycles. The van der Waals surface area contributed by atoms with E-state index < -0.39 is 0 Å². The number of rotatable bonds is 5. The molecule has 0 atom stereocenters. The van der Waals surface area contributed by atoms with Crippen LogP contribution in [0.5, 0.6) is 5.75 Å². The lowest BCUT2D eigenvalue weighted by Crippen LogP contribution is -1.96. The Hall–Kier alpha value is -2.60. The highest BCUT2D eigenvalue weighted by atomic mass is 127. The summed E-state index contributed by atoms with van der Waals surface area (Å²) in [6, 6.07) is 22.2. The molecule has 0 N–H and O–H groups in total. The van der Waals surface area contributed by atoms with Gasteiger partial charge < -0.3 is 9.15 Å². The summed E-state index contributed by atoms with van der Waals surface area (Å²) in [5, 5.41) is 0. The average molecular weight is 467 g/mol. The molecule has 0 unspecified atom stereocenters. The largest absolute Gasteiger partial charge is 0.489 e. The first-order valence-electron chi connectivity index (χ1n) is 8.70. The third-order valence-electron chi connectivity index (χ3n) is 4.16. The summed E-state index contributed by atoms with van der Waals surface area (Å²) in [7, 11) is 0. The quantitative estimate of drug-likeness (QED) is 0.315. The van der Waals surface area contributed by atoms with Crippen molar-refractivity contribution in [3.8, 4) is 17.2 Å². The van der Waals surface area contributed by atoms with Gasteiger partial charge in [0.15, 0.2) is 5.58 Å². The van der Waals surface area contributed by atoms with Crippen LogP contribution in [0, 0.1) is 10.5 Å². The van der Waals surface area contributed by atoms with Gasteiger partial charge in [-0.05, 0) is 77.0 Å². The number of halogens is 1. The normalized spacial score (nSPS) is 11.3. The second-order valence-corrected chi connectivity index (χ2v) is 7.50. The van der Waals surface area contributed by atoms with Crippen molar-refractivity contribution >= 4 is 39.8 Å². The molecule has 0 fully saturated rings. The number of hydrogen-bond acceptors (Lipinski definition) is 3. The van der Waals surface area contributed by atoms with Crippen LogP contribution in [0.2, 0.25) is 0 Å². The smallest absolute Gasteiger partial charge is 0.231 e. The lowest BCUT2D eigenvalue weighted by molar-refractivity contribution is 0.364. The van der Waals surface area contributed by atoms with Gasteiger partial charge in [0.1, 0.15) is 17.9 Å². The lowest BCUT2D eigenvalue weighted by atomic mass is 10.2. The van der Waals surface area contributed by atoms with Crippen molar-refractivity contribution in [3.05, 3.63) is 87.5 Å². The number of aromatic nitrogens is 1. The van der Waals surface area contributed by atoms with E-state index in [1.807, 2.05) is 67.6 Å². The van der Waals surface area contributed by atoms with E-state index in [1.54, 1.807) is 0 Å². The molecule has 4 aromatic rings. The zero-order valence-electron chi connectivity index (χ0n) is 14.9. The van der Waals surface area contributed by atoms with Crippen LogP contribution >= 0.6 is 22.6 Å². The molecule has 134 valence electrons. The SMILES string of the molecule is Cc1ccc2oc(-c3cc(I)ccc3OC/C=C/c3ccccc3)nc2c1. The van der Waals surface area contributed by atoms with Crippen LogP contribution in [0.1, 0.15) is 11.1 Å². The van der Waals surface area contributed by atoms with E-state index in [2.05, 4.69) is 45.8 Å². The molecule has 1 aromatic heterocycles. The van der Waals surface area contributed by atoms with Gasteiger partial charge in [0.2, 0.25) is 5.89 Å². The van der Waals surface area contributed by atoms with Crippen LogP contribution in [0.4, 0.5) is 0 Å². The van der Waals surface area contributed by atoms with E-state index in [4.69, 9.17) is 9.15 Å². The van der Waals surface area contributed by atoms with Crippen molar-refractivity contribution in [3.63, 3.8) is 0 Å². The summed E-state index contributed by atoms with van der Waals surface area (Å²) in [4.78, 5) is 4.65. The number of hydrogen-bond donors (Lipinski definition) is 0. The van der Waals surface area contributed by atoms with Crippen molar-refractivity contribution in [2.24, 2.45) is 0 Å². The number of oxazole rings is 1. The topological polar surface area (TPSA) is 35.3 Å². The van der Waals surface area contributed by atoms with Crippen molar-refractivity contribution in [2.45, 2.75) is 6.92 Å². The van der Waals surface area contributed by atoms with Crippen LogP contribution < -0.4 is 4.74 Å². The molecule has 0 aliphatic rings. The first kappa shape index (κ1) is 17.8. The molecule has 1 heterocycles. The van der Waals surface area contributed by atoms with Crippen molar-refractivity contribution < 1.29 is 9.15 Å². The Morgan fingerprint density at radius 2 is 1.89 bits per heavy atom. The maximum atomic E-state index is 6.00. The van der Waals surface area contributed by atoms with E-state index in [-0.39, 0.29) is 0 Å². The third-order valence-corrected chi connectivity index (χ3v) is 4.83. The summed E-state index contributed by atoms with van der Waals surface area (Å²) in [6.45, 7) is 2.52. The summed E-state index contributed by atoms with van der Waals surface area (Å²) in [6.07, 6.45) is 4.06. The minimum atomic E-state index is 0.474. The fourth-order valence-electron chi connectivity index (χ4n) is 2.83. The molecule has 27 heavy (non-hydrogen) atoms. The van der Waals surface area contributed by atoms with Crippen LogP contribution in [0.25, 0.3) is 28.6 Å². The second kappa shape index (κ2) is 7.96. The third kappa shape index (κ3) is 4.22. The average Bonchev–Trinajstić information content (AvgIpc) is 3.10. The van der Waals surface area contributed by atoms with Gasteiger partial charge in [-0.2, -0.15) is 0 Å². The van der Waals surface area contributed by atoms with Gasteiger partial charge >= 0.3 is 0 Å². The predicted molar refractivity (Wildman–Crippen MR) is 118 cm³/mol. The number of aryl methyl sites for hydroxylation is 1. The molecule has 0 saturated carbocycles. The Kier molecular flexibility index (Phi) is 5.25. The zero-order chi connectivity index (χ0) is 18.6. The van der Waals surface area contributed by atoms with Crippen molar-refractivity contribution in [1.29, 1.82) is 0 Å². The van der Waals surface area contributed by atoms with E-state index in [0.29, 0.717) is 12.5 Å². The van der Waals surface area contributed by atoms with Crippen LogP contribution in [0.15, 0.2) is 77.2 Å². The fraction of sp³-hybridized carbons (Fsp3) is 0.0870. The molecule has 0 radical (unpaired) electrons. The summed E-state index contributed by atoms with van der Waals surface area (Å²) < 4.78 is 13.1. The van der Waals surface area contributed by atoms with Gasteiger partial charge in [-0.15, -0.1) is 0 Å². The zero-order valence-corrected chi connectivity index (χ0v) is 17.0. The maximum absolute atomic E-state index is 6.00. The first-order chi connectivity index (χ1) is 13.2. The predicted octanol–water partition coefficient (Wildman–Crippen LogP) is 6.50. The van der Waals surface area contributed by atoms with Gasteiger partial charge in [-0.25, -0.2) is 4.98 Å². The molecule has 0 saturated heterocycles. The first-order valence-corrected chi connectivity index (χ1v) is 9.78. The van der Waals surface area contributed by atoms with Gasteiger partial charge in [0.05, 0.1) is 5.56 Å². The Balaban J connectivity index is 1.59. The van der Waals surface area contributed by atoms with Gasteiger partial charge in [0, 0.05) is 3.57 Å². The molecule has 0 spiro atoms. The van der Waals surface area contributed by atoms with Gasteiger partial charge in [0.25, 0.3) is 0 Å². The minimum Gasteiger partial charge on any atom is -0.489 e.